The Hall–Kier alpha value is -2.00. The molecule has 0 aromatic heterocycles. The van der Waals surface area contributed by atoms with Gasteiger partial charge in [0, 0.05) is 24.2 Å². The third kappa shape index (κ3) is 3.25. The zero-order chi connectivity index (χ0) is 13.0. The third-order valence-electron chi connectivity index (χ3n) is 2.63. The molecule has 2 aromatic carbocycles. The minimum Gasteiger partial charge on any atom is -0.399 e. The standard InChI is InChI=1S/C15H18N2O/c1-11-6-13(16)9-15(7-11)17-14-5-3-4-12(8-14)10-18-2/h3-9,17H,10,16H2,1-2H3. The smallest absolute Gasteiger partial charge is 0.0713 e. The lowest BCUT2D eigenvalue weighted by molar-refractivity contribution is 0.185. The molecule has 3 N–H and O–H groups in total. The van der Waals surface area contributed by atoms with Gasteiger partial charge in [-0.3, -0.25) is 0 Å². The Morgan fingerprint density at radius 2 is 1.94 bits per heavy atom. The highest BCUT2D eigenvalue weighted by Crippen LogP contribution is 2.21. The van der Waals surface area contributed by atoms with Gasteiger partial charge in [0.05, 0.1) is 6.61 Å². The molecular weight excluding hydrogens is 224 g/mol. The van der Waals surface area contributed by atoms with E-state index < -0.39 is 0 Å². The first-order chi connectivity index (χ1) is 8.67. The largest absolute Gasteiger partial charge is 0.399 e. The van der Waals surface area contributed by atoms with Crippen LogP contribution in [-0.4, -0.2) is 7.11 Å². The van der Waals surface area contributed by atoms with Gasteiger partial charge in [-0.2, -0.15) is 0 Å². The van der Waals surface area contributed by atoms with Crippen LogP contribution in [0.3, 0.4) is 0 Å². The van der Waals surface area contributed by atoms with Crippen LogP contribution >= 0.6 is 0 Å². The molecule has 0 unspecified atom stereocenters. The number of aryl methyl sites for hydroxylation is 1. The zero-order valence-electron chi connectivity index (χ0n) is 10.7. The maximum atomic E-state index is 5.83. The summed E-state index contributed by atoms with van der Waals surface area (Å²) >= 11 is 0. The van der Waals surface area contributed by atoms with Crippen molar-refractivity contribution in [1.29, 1.82) is 0 Å². The number of nitrogens with two attached hydrogens (primary N) is 1. The molecule has 0 saturated heterocycles. The van der Waals surface area contributed by atoms with Gasteiger partial charge in [-0.05, 0) is 48.4 Å². The predicted molar refractivity (Wildman–Crippen MR) is 76.0 cm³/mol. The average Bonchev–Trinajstić information content (AvgIpc) is 2.28. The highest BCUT2D eigenvalue weighted by atomic mass is 16.5. The summed E-state index contributed by atoms with van der Waals surface area (Å²) in [4.78, 5) is 0. The van der Waals surface area contributed by atoms with Crippen LogP contribution in [0.15, 0.2) is 42.5 Å². The Morgan fingerprint density at radius 1 is 1.11 bits per heavy atom. The topological polar surface area (TPSA) is 47.3 Å². The quantitative estimate of drug-likeness (QED) is 0.807. The summed E-state index contributed by atoms with van der Waals surface area (Å²) in [5.41, 5.74) is 10.9. The monoisotopic (exact) mass is 242 g/mol. The van der Waals surface area contributed by atoms with Gasteiger partial charge in [0.25, 0.3) is 0 Å². The number of hydrogen-bond donors (Lipinski definition) is 2. The van der Waals surface area contributed by atoms with Crippen molar-refractivity contribution in [2.24, 2.45) is 0 Å². The number of rotatable bonds is 4. The second-order valence-electron chi connectivity index (χ2n) is 4.39. The predicted octanol–water partition coefficient (Wildman–Crippen LogP) is 3.47. The number of nitrogen functional groups attached to an aromatic ring is 1. The third-order valence-corrected chi connectivity index (χ3v) is 2.63. The van der Waals surface area contributed by atoms with E-state index in [4.69, 9.17) is 10.5 Å². The van der Waals surface area contributed by atoms with Crippen LogP contribution in [0.25, 0.3) is 0 Å². The molecule has 0 bridgehead atoms. The molecular formula is C15H18N2O. The molecule has 0 amide bonds. The molecule has 0 heterocycles. The van der Waals surface area contributed by atoms with Crippen LogP contribution in [0.1, 0.15) is 11.1 Å². The van der Waals surface area contributed by atoms with Crippen molar-refractivity contribution in [2.75, 3.05) is 18.2 Å². The van der Waals surface area contributed by atoms with Gasteiger partial charge in [0.1, 0.15) is 0 Å². The molecule has 3 heteroatoms. The first kappa shape index (κ1) is 12.5. The van der Waals surface area contributed by atoms with Gasteiger partial charge in [0.15, 0.2) is 0 Å². The first-order valence-corrected chi connectivity index (χ1v) is 5.89. The van der Waals surface area contributed by atoms with Crippen molar-refractivity contribution in [3.05, 3.63) is 53.6 Å². The van der Waals surface area contributed by atoms with Crippen molar-refractivity contribution < 1.29 is 4.74 Å². The SMILES string of the molecule is COCc1cccc(Nc2cc(C)cc(N)c2)c1. The van der Waals surface area contributed by atoms with E-state index in [1.807, 2.05) is 37.3 Å². The van der Waals surface area contributed by atoms with Crippen LogP contribution in [-0.2, 0) is 11.3 Å². The zero-order valence-corrected chi connectivity index (χ0v) is 10.7. The summed E-state index contributed by atoms with van der Waals surface area (Å²) in [5, 5.41) is 3.35. The molecule has 18 heavy (non-hydrogen) atoms. The molecule has 0 aliphatic carbocycles. The molecule has 3 nitrogen and oxygen atoms in total. The van der Waals surface area contributed by atoms with E-state index in [9.17, 15) is 0 Å². The molecule has 0 aliphatic rings. The molecule has 0 radical (unpaired) electrons. The van der Waals surface area contributed by atoms with Crippen molar-refractivity contribution in [2.45, 2.75) is 13.5 Å². The summed E-state index contributed by atoms with van der Waals surface area (Å²) in [6, 6.07) is 14.1. The van der Waals surface area contributed by atoms with Crippen molar-refractivity contribution in [3.8, 4) is 0 Å². The van der Waals surface area contributed by atoms with Gasteiger partial charge >= 0.3 is 0 Å². The number of methoxy groups -OCH3 is 1. The molecule has 2 rings (SSSR count). The molecule has 0 atom stereocenters. The van der Waals surface area contributed by atoms with Crippen LogP contribution in [0.4, 0.5) is 17.1 Å². The normalized spacial score (nSPS) is 10.3. The lowest BCUT2D eigenvalue weighted by atomic mass is 10.1. The molecule has 0 aliphatic heterocycles. The fourth-order valence-corrected chi connectivity index (χ4v) is 1.96. The van der Waals surface area contributed by atoms with Crippen molar-refractivity contribution >= 4 is 17.1 Å². The van der Waals surface area contributed by atoms with Crippen LogP contribution in [0.2, 0.25) is 0 Å². The van der Waals surface area contributed by atoms with E-state index in [1.54, 1.807) is 7.11 Å². The molecule has 0 spiro atoms. The maximum absolute atomic E-state index is 5.83. The Balaban J connectivity index is 2.20. The van der Waals surface area contributed by atoms with Crippen molar-refractivity contribution in [1.82, 2.24) is 0 Å². The number of benzene rings is 2. The summed E-state index contributed by atoms with van der Waals surface area (Å²) in [5.74, 6) is 0. The van der Waals surface area contributed by atoms with E-state index in [0.29, 0.717) is 6.61 Å². The second kappa shape index (κ2) is 5.56. The van der Waals surface area contributed by atoms with Gasteiger partial charge in [0.2, 0.25) is 0 Å². The highest BCUT2D eigenvalue weighted by Gasteiger charge is 1.99. The molecule has 0 fully saturated rings. The van der Waals surface area contributed by atoms with Crippen LogP contribution < -0.4 is 11.1 Å². The minimum absolute atomic E-state index is 0.617. The maximum Gasteiger partial charge on any atom is 0.0713 e. The molecule has 0 saturated carbocycles. The summed E-state index contributed by atoms with van der Waals surface area (Å²) in [6.07, 6.45) is 0. The van der Waals surface area contributed by atoms with E-state index in [0.717, 1.165) is 28.2 Å². The number of ether oxygens (including phenoxy) is 1. The Bertz CT molecular complexity index is 518. The fraction of sp³-hybridized carbons (Fsp3) is 0.200. The highest BCUT2D eigenvalue weighted by molar-refractivity contribution is 5.65. The Kier molecular flexibility index (Phi) is 3.85. The molecule has 94 valence electrons. The lowest BCUT2D eigenvalue weighted by Gasteiger charge is -2.10. The first-order valence-electron chi connectivity index (χ1n) is 5.89. The summed E-state index contributed by atoms with van der Waals surface area (Å²) in [7, 11) is 1.70. The Labute approximate surface area is 108 Å². The van der Waals surface area contributed by atoms with Crippen LogP contribution in [0.5, 0.6) is 0 Å². The summed E-state index contributed by atoms with van der Waals surface area (Å²) in [6.45, 7) is 2.65. The lowest BCUT2D eigenvalue weighted by Crippen LogP contribution is -1.95. The fourth-order valence-electron chi connectivity index (χ4n) is 1.96. The van der Waals surface area contributed by atoms with Crippen LogP contribution in [0, 0.1) is 6.92 Å². The van der Waals surface area contributed by atoms with Crippen molar-refractivity contribution in [3.63, 3.8) is 0 Å². The van der Waals surface area contributed by atoms with Gasteiger partial charge in [-0.25, -0.2) is 0 Å². The number of hydrogen-bond acceptors (Lipinski definition) is 3. The second-order valence-corrected chi connectivity index (χ2v) is 4.39. The Morgan fingerprint density at radius 3 is 2.67 bits per heavy atom. The van der Waals surface area contributed by atoms with Gasteiger partial charge in [-0.1, -0.05) is 12.1 Å². The van der Waals surface area contributed by atoms with E-state index >= 15 is 0 Å². The van der Waals surface area contributed by atoms with E-state index in [1.165, 1.54) is 0 Å². The minimum atomic E-state index is 0.617. The molecule has 2 aromatic rings. The van der Waals surface area contributed by atoms with Gasteiger partial charge < -0.3 is 15.8 Å². The summed E-state index contributed by atoms with van der Waals surface area (Å²) < 4.78 is 5.12. The number of nitrogens with one attached hydrogen (secondary N) is 1. The number of anilines is 3. The average molecular weight is 242 g/mol. The van der Waals surface area contributed by atoms with Gasteiger partial charge in [-0.15, -0.1) is 0 Å². The van der Waals surface area contributed by atoms with E-state index in [2.05, 4.69) is 17.4 Å². The van der Waals surface area contributed by atoms with E-state index in [-0.39, 0.29) is 0 Å².